The largest absolute Gasteiger partial charge is 0.481 e. The first kappa shape index (κ1) is 16.6. The summed E-state index contributed by atoms with van der Waals surface area (Å²) in [5.41, 5.74) is 2.39. The number of carbonyl (C=O) groups is 2. The molecule has 6 nitrogen and oxygen atoms in total. The van der Waals surface area contributed by atoms with E-state index in [1.54, 1.807) is 33.5 Å². The minimum atomic E-state index is -0.871. The van der Waals surface area contributed by atoms with Gasteiger partial charge in [0.05, 0.1) is 23.8 Å². The zero-order valence-corrected chi connectivity index (χ0v) is 14.2. The second kappa shape index (κ2) is 7.09. The second-order valence-electron chi connectivity index (χ2n) is 5.77. The Hall–Kier alpha value is -2.28. The van der Waals surface area contributed by atoms with Crippen molar-refractivity contribution >= 4 is 23.6 Å². The van der Waals surface area contributed by atoms with Crippen LogP contribution in [0.1, 0.15) is 22.5 Å². The van der Waals surface area contributed by atoms with Gasteiger partial charge in [-0.3, -0.25) is 9.59 Å². The van der Waals surface area contributed by atoms with Gasteiger partial charge in [-0.1, -0.05) is 0 Å². The summed E-state index contributed by atoms with van der Waals surface area (Å²) >= 11 is 1.69. The van der Waals surface area contributed by atoms with Crippen LogP contribution in [0.25, 0.3) is 5.69 Å². The Morgan fingerprint density at radius 3 is 2.67 bits per heavy atom. The van der Waals surface area contributed by atoms with Crippen molar-refractivity contribution in [1.82, 2.24) is 14.7 Å². The molecule has 0 radical (unpaired) electrons. The minimum Gasteiger partial charge on any atom is -0.481 e. The van der Waals surface area contributed by atoms with Crippen molar-refractivity contribution in [1.29, 1.82) is 0 Å². The van der Waals surface area contributed by atoms with E-state index >= 15 is 0 Å². The van der Waals surface area contributed by atoms with Crippen LogP contribution in [0.5, 0.6) is 0 Å². The number of aromatic nitrogens is 2. The number of rotatable bonds is 4. The Bertz CT molecular complexity index is 742. The predicted molar refractivity (Wildman–Crippen MR) is 92.7 cm³/mol. The van der Waals surface area contributed by atoms with Crippen LogP contribution >= 0.6 is 11.8 Å². The second-order valence-corrected chi connectivity index (χ2v) is 6.92. The molecule has 2 aromatic rings. The molecule has 1 aliphatic heterocycles. The summed E-state index contributed by atoms with van der Waals surface area (Å²) < 4.78 is 1.76. The van der Waals surface area contributed by atoms with Crippen molar-refractivity contribution in [2.45, 2.75) is 19.4 Å². The Labute approximate surface area is 144 Å². The van der Waals surface area contributed by atoms with Crippen LogP contribution in [0, 0.1) is 6.92 Å². The molecule has 1 aliphatic rings. The van der Waals surface area contributed by atoms with Crippen LogP contribution in [-0.4, -0.2) is 55.8 Å². The van der Waals surface area contributed by atoms with Crippen LogP contribution < -0.4 is 0 Å². The van der Waals surface area contributed by atoms with E-state index in [0.717, 1.165) is 17.1 Å². The van der Waals surface area contributed by atoms with Crippen molar-refractivity contribution in [2.75, 3.05) is 18.1 Å². The van der Waals surface area contributed by atoms with E-state index in [1.807, 2.05) is 31.3 Å². The average Bonchev–Trinajstić information content (AvgIpc) is 3.01. The molecular weight excluding hydrogens is 326 g/mol. The molecule has 1 aromatic heterocycles. The van der Waals surface area contributed by atoms with E-state index in [4.69, 9.17) is 5.11 Å². The lowest BCUT2D eigenvalue weighted by Gasteiger charge is -2.34. The number of carboxylic acids is 1. The number of amides is 1. The first-order valence-corrected chi connectivity index (χ1v) is 8.93. The van der Waals surface area contributed by atoms with Gasteiger partial charge in [-0.2, -0.15) is 16.9 Å². The number of nitrogens with zero attached hydrogens (tertiary/aromatic N) is 3. The summed E-state index contributed by atoms with van der Waals surface area (Å²) in [7, 11) is 0. The molecular formula is C17H19N3O3S. The van der Waals surface area contributed by atoms with Crippen LogP contribution in [0.4, 0.5) is 0 Å². The standard InChI is InChI=1S/C17H19N3O3S/c1-12-6-7-20(18-12)14-4-2-13(3-5-14)17(23)19-8-9-24-11-15(19)10-16(21)22/h2-7,15H,8-11H2,1H3,(H,21,22). The fourth-order valence-electron chi connectivity index (χ4n) is 2.77. The predicted octanol–water partition coefficient (Wildman–Crippen LogP) is 2.21. The molecule has 1 atom stereocenters. The van der Waals surface area contributed by atoms with E-state index in [2.05, 4.69) is 5.10 Å². The van der Waals surface area contributed by atoms with Crippen LogP contribution in [0.3, 0.4) is 0 Å². The smallest absolute Gasteiger partial charge is 0.305 e. The fourth-order valence-corrected chi connectivity index (χ4v) is 3.84. The van der Waals surface area contributed by atoms with E-state index < -0.39 is 5.97 Å². The molecule has 0 aliphatic carbocycles. The molecule has 1 unspecified atom stereocenters. The Balaban J connectivity index is 1.77. The minimum absolute atomic E-state index is 0.0105. The van der Waals surface area contributed by atoms with Gasteiger partial charge in [0.25, 0.3) is 5.91 Å². The highest BCUT2D eigenvalue weighted by Crippen LogP contribution is 2.22. The fraction of sp³-hybridized carbons (Fsp3) is 0.353. The van der Waals surface area contributed by atoms with Crippen molar-refractivity contribution in [3.8, 4) is 5.69 Å². The summed E-state index contributed by atoms with van der Waals surface area (Å²) in [5.74, 6) is 0.532. The molecule has 24 heavy (non-hydrogen) atoms. The Morgan fingerprint density at radius 2 is 2.04 bits per heavy atom. The maximum absolute atomic E-state index is 12.7. The van der Waals surface area contributed by atoms with Gasteiger partial charge in [-0.25, -0.2) is 4.68 Å². The SMILES string of the molecule is Cc1ccn(-c2ccc(C(=O)N3CCSCC3CC(=O)O)cc2)n1. The molecule has 1 aromatic carbocycles. The van der Waals surface area contributed by atoms with Gasteiger partial charge in [0.15, 0.2) is 0 Å². The molecule has 0 bridgehead atoms. The number of carboxylic acid groups (broad SMARTS) is 1. The van der Waals surface area contributed by atoms with Gasteiger partial charge < -0.3 is 10.0 Å². The number of hydrogen-bond donors (Lipinski definition) is 1. The van der Waals surface area contributed by atoms with E-state index in [0.29, 0.717) is 17.9 Å². The van der Waals surface area contributed by atoms with E-state index in [1.165, 1.54) is 0 Å². The first-order valence-electron chi connectivity index (χ1n) is 7.78. The lowest BCUT2D eigenvalue weighted by molar-refractivity contribution is -0.138. The normalized spacial score (nSPS) is 17.7. The van der Waals surface area contributed by atoms with Crippen molar-refractivity contribution in [2.24, 2.45) is 0 Å². The third kappa shape index (κ3) is 3.62. The summed E-state index contributed by atoms with van der Waals surface area (Å²) in [6.07, 6.45) is 1.86. The topological polar surface area (TPSA) is 75.4 Å². The van der Waals surface area contributed by atoms with E-state index in [9.17, 15) is 9.59 Å². The molecule has 0 saturated carbocycles. The van der Waals surface area contributed by atoms with Gasteiger partial charge in [0.2, 0.25) is 0 Å². The number of carbonyl (C=O) groups excluding carboxylic acids is 1. The third-order valence-corrected chi connectivity index (χ3v) is 5.09. The van der Waals surface area contributed by atoms with Crippen LogP contribution in [0.15, 0.2) is 36.5 Å². The number of thioether (sulfide) groups is 1. The molecule has 1 N–H and O–H groups in total. The maximum Gasteiger partial charge on any atom is 0.305 e. The number of aliphatic carboxylic acids is 1. The summed E-state index contributed by atoms with van der Waals surface area (Å²) in [6.45, 7) is 2.51. The average molecular weight is 345 g/mol. The zero-order chi connectivity index (χ0) is 17.1. The molecule has 1 saturated heterocycles. The van der Waals surface area contributed by atoms with Crippen molar-refractivity contribution < 1.29 is 14.7 Å². The summed E-state index contributed by atoms with van der Waals surface area (Å²) in [4.78, 5) is 25.5. The van der Waals surface area contributed by atoms with Crippen molar-refractivity contribution in [3.63, 3.8) is 0 Å². The quantitative estimate of drug-likeness (QED) is 0.919. The number of benzene rings is 1. The van der Waals surface area contributed by atoms with Gasteiger partial charge in [-0.05, 0) is 37.3 Å². The highest BCUT2D eigenvalue weighted by Gasteiger charge is 2.29. The molecule has 7 heteroatoms. The highest BCUT2D eigenvalue weighted by molar-refractivity contribution is 7.99. The van der Waals surface area contributed by atoms with Crippen LogP contribution in [0.2, 0.25) is 0 Å². The first-order chi connectivity index (χ1) is 11.5. The van der Waals surface area contributed by atoms with Crippen LogP contribution in [-0.2, 0) is 4.79 Å². The number of aryl methyl sites for hydroxylation is 1. The number of hydrogen-bond acceptors (Lipinski definition) is 4. The van der Waals surface area contributed by atoms with Gasteiger partial charge in [0, 0.05) is 29.8 Å². The van der Waals surface area contributed by atoms with Gasteiger partial charge in [0.1, 0.15) is 0 Å². The molecule has 0 spiro atoms. The molecule has 1 fully saturated rings. The molecule has 1 amide bonds. The Kier molecular flexibility index (Phi) is 4.89. The lowest BCUT2D eigenvalue weighted by atomic mass is 10.1. The van der Waals surface area contributed by atoms with Gasteiger partial charge in [-0.15, -0.1) is 0 Å². The maximum atomic E-state index is 12.7. The van der Waals surface area contributed by atoms with E-state index in [-0.39, 0.29) is 18.4 Å². The monoisotopic (exact) mass is 345 g/mol. The lowest BCUT2D eigenvalue weighted by Crippen LogP contribution is -2.47. The molecule has 126 valence electrons. The molecule has 2 heterocycles. The summed E-state index contributed by atoms with van der Waals surface area (Å²) in [5, 5.41) is 13.4. The highest BCUT2D eigenvalue weighted by atomic mass is 32.2. The Morgan fingerprint density at radius 1 is 1.29 bits per heavy atom. The molecule has 3 rings (SSSR count). The van der Waals surface area contributed by atoms with Crippen molar-refractivity contribution in [3.05, 3.63) is 47.8 Å². The third-order valence-electron chi connectivity index (χ3n) is 4.00. The van der Waals surface area contributed by atoms with Gasteiger partial charge >= 0.3 is 5.97 Å². The summed E-state index contributed by atoms with van der Waals surface area (Å²) in [6, 6.07) is 8.92. The zero-order valence-electron chi connectivity index (χ0n) is 13.4.